The topological polar surface area (TPSA) is 74.6 Å². The molecule has 0 rings (SSSR count). The van der Waals surface area contributed by atoms with Gasteiger partial charge in [-0.1, -0.05) is 0 Å². The van der Waals surface area contributed by atoms with Crippen LogP contribution < -0.4 is 0 Å². The molecular weight excluding hydrogens is 269 g/mol. The summed E-state index contributed by atoms with van der Waals surface area (Å²) in [5, 5.41) is 0. The SMILES string of the molecule is O=C(CP(=O)(O)O)C(C(F)(F)F)C(F)(F)F. The van der Waals surface area contributed by atoms with E-state index in [1.165, 1.54) is 0 Å². The fourth-order valence-electron chi connectivity index (χ4n) is 0.845. The standard InChI is InChI=1S/C5H5F6O4P/c6-4(7,8)3(5(9,10)11)2(12)1-16(13,14)15/h3H,1H2,(H2,13,14,15). The highest BCUT2D eigenvalue weighted by Gasteiger charge is 2.61. The van der Waals surface area contributed by atoms with Crippen molar-refractivity contribution in [2.75, 3.05) is 6.16 Å². The lowest BCUT2D eigenvalue weighted by Crippen LogP contribution is -2.43. The maximum atomic E-state index is 11.8. The summed E-state index contributed by atoms with van der Waals surface area (Å²) in [6, 6.07) is 0. The van der Waals surface area contributed by atoms with Crippen molar-refractivity contribution in [3.63, 3.8) is 0 Å². The summed E-state index contributed by atoms with van der Waals surface area (Å²) in [4.78, 5) is 26.8. The average molecular weight is 274 g/mol. The summed E-state index contributed by atoms with van der Waals surface area (Å²) in [7, 11) is -5.26. The van der Waals surface area contributed by atoms with Crippen molar-refractivity contribution in [3.05, 3.63) is 0 Å². The molecule has 0 radical (unpaired) electrons. The third-order valence-electron chi connectivity index (χ3n) is 1.34. The Morgan fingerprint density at radius 3 is 1.56 bits per heavy atom. The van der Waals surface area contributed by atoms with Crippen LogP contribution in [0.5, 0.6) is 0 Å². The Hall–Kier alpha value is -0.600. The van der Waals surface area contributed by atoms with Gasteiger partial charge in [0.15, 0.2) is 5.78 Å². The van der Waals surface area contributed by atoms with Crippen LogP contribution in [0.15, 0.2) is 0 Å². The first-order valence-electron chi connectivity index (χ1n) is 3.46. The second kappa shape index (κ2) is 4.34. The van der Waals surface area contributed by atoms with Crippen molar-refractivity contribution in [1.82, 2.24) is 0 Å². The minimum Gasteiger partial charge on any atom is -0.324 e. The summed E-state index contributed by atoms with van der Waals surface area (Å²) in [6.45, 7) is 0. The van der Waals surface area contributed by atoms with E-state index in [1.54, 1.807) is 0 Å². The number of halogens is 6. The molecule has 96 valence electrons. The Balaban J connectivity index is 5.10. The van der Waals surface area contributed by atoms with E-state index in [0.29, 0.717) is 0 Å². The Kier molecular flexibility index (Phi) is 4.18. The third kappa shape index (κ3) is 4.95. The molecule has 0 amide bonds. The number of carbonyl (C=O) groups is 1. The Morgan fingerprint density at radius 2 is 1.38 bits per heavy atom. The molecule has 0 aliphatic carbocycles. The number of carbonyl (C=O) groups excluding carboxylic acids is 1. The number of hydrogen-bond acceptors (Lipinski definition) is 2. The zero-order valence-electron chi connectivity index (χ0n) is 7.21. The summed E-state index contributed by atoms with van der Waals surface area (Å²) < 4.78 is 81.2. The van der Waals surface area contributed by atoms with Crippen LogP contribution in [0, 0.1) is 5.92 Å². The second-order valence-electron chi connectivity index (χ2n) is 2.81. The minimum absolute atomic E-state index is 2.10. The van der Waals surface area contributed by atoms with Gasteiger partial charge in [-0.25, -0.2) is 0 Å². The molecule has 0 heterocycles. The second-order valence-corrected chi connectivity index (χ2v) is 4.45. The molecule has 4 nitrogen and oxygen atoms in total. The smallest absolute Gasteiger partial charge is 0.324 e. The van der Waals surface area contributed by atoms with Gasteiger partial charge in [-0.05, 0) is 0 Å². The lowest BCUT2D eigenvalue weighted by molar-refractivity contribution is -0.272. The van der Waals surface area contributed by atoms with Crippen LogP contribution in [0.3, 0.4) is 0 Å². The highest BCUT2D eigenvalue weighted by atomic mass is 31.2. The van der Waals surface area contributed by atoms with Gasteiger partial charge in [0.1, 0.15) is 6.16 Å². The fraction of sp³-hybridized carbons (Fsp3) is 0.800. The van der Waals surface area contributed by atoms with Gasteiger partial charge in [0, 0.05) is 0 Å². The molecule has 11 heteroatoms. The highest BCUT2D eigenvalue weighted by molar-refractivity contribution is 7.52. The van der Waals surface area contributed by atoms with Crippen molar-refractivity contribution in [3.8, 4) is 0 Å². The van der Waals surface area contributed by atoms with Gasteiger partial charge in [-0.2, -0.15) is 26.3 Å². The van der Waals surface area contributed by atoms with Gasteiger partial charge in [0.05, 0.1) is 0 Å². The minimum atomic E-state index is -5.93. The van der Waals surface area contributed by atoms with Gasteiger partial charge in [-0.15, -0.1) is 0 Å². The van der Waals surface area contributed by atoms with Crippen LogP contribution in [0.1, 0.15) is 0 Å². The van der Waals surface area contributed by atoms with Crippen LogP contribution in [-0.4, -0.2) is 34.1 Å². The van der Waals surface area contributed by atoms with Crippen molar-refractivity contribution in [2.45, 2.75) is 12.4 Å². The van der Waals surface area contributed by atoms with Crippen LogP contribution in [0.2, 0.25) is 0 Å². The van der Waals surface area contributed by atoms with E-state index < -0.39 is 37.8 Å². The summed E-state index contributed by atoms with van der Waals surface area (Å²) >= 11 is 0. The molecule has 0 spiro atoms. The van der Waals surface area contributed by atoms with Crippen LogP contribution in [0.4, 0.5) is 26.3 Å². The molecule has 0 aliphatic rings. The quantitative estimate of drug-likeness (QED) is 0.603. The summed E-state index contributed by atoms with van der Waals surface area (Å²) in [5.74, 6) is -6.97. The number of alkyl halides is 6. The molecule has 0 aromatic rings. The zero-order chi connectivity index (χ0) is 13.4. The van der Waals surface area contributed by atoms with Crippen molar-refractivity contribution >= 4 is 13.4 Å². The molecule has 2 N–H and O–H groups in total. The molecule has 0 atom stereocenters. The van der Waals surface area contributed by atoms with E-state index in [-0.39, 0.29) is 0 Å². The molecule has 0 fully saturated rings. The van der Waals surface area contributed by atoms with E-state index in [2.05, 4.69) is 0 Å². The molecule has 0 aromatic heterocycles. The first-order valence-corrected chi connectivity index (χ1v) is 5.25. The first kappa shape index (κ1) is 15.4. The predicted octanol–water partition coefficient (Wildman–Crippen LogP) is 1.47. The van der Waals surface area contributed by atoms with Gasteiger partial charge < -0.3 is 9.79 Å². The Labute approximate surface area is 84.4 Å². The van der Waals surface area contributed by atoms with Gasteiger partial charge in [-0.3, -0.25) is 9.36 Å². The molecule has 0 saturated carbocycles. The van der Waals surface area contributed by atoms with Crippen LogP contribution in [0.25, 0.3) is 0 Å². The van der Waals surface area contributed by atoms with Gasteiger partial charge >= 0.3 is 19.9 Å². The van der Waals surface area contributed by atoms with E-state index in [1.807, 2.05) is 0 Å². The Morgan fingerprint density at radius 1 is 1.06 bits per heavy atom. The van der Waals surface area contributed by atoms with Crippen LogP contribution in [-0.2, 0) is 9.36 Å². The van der Waals surface area contributed by atoms with Crippen LogP contribution >= 0.6 is 7.60 Å². The maximum Gasteiger partial charge on any atom is 0.407 e. The molecule has 0 bridgehead atoms. The zero-order valence-corrected chi connectivity index (χ0v) is 8.10. The van der Waals surface area contributed by atoms with Gasteiger partial charge in [0.2, 0.25) is 5.92 Å². The van der Waals surface area contributed by atoms with Crippen molar-refractivity contribution in [1.29, 1.82) is 0 Å². The molecule has 0 aromatic carbocycles. The molecule has 0 aliphatic heterocycles. The van der Waals surface area contributed by atoms with Crippen molar-refractivity contribution < 1.29 is 45.5 Å². The van der Waals surface area contributed by atoms with E-state index in [4.69, 9.17) is 9.79 Å². The molecule has 0 unspecified atom stereocenters. The fourth-order valence-corrected chi connectivity index (χ4v) is 1.43. The molecule has 0 saturated heterocycles. The number of rotatable bonds is 3. The number of hydrogen-bond donors (Lipinski definition) is 2. The van der Waals surface area contributed by atoms with E-state index in [0.717, 1.165) is 0 Å². The van der Waals surface area contributed by atoms with E-state index in [9.17, 15) is 35.7 Å². The summed E-state index contributed by atoms with van der Waals surface area (Å²) in [5.41, 5.74) is 0. The van der Waals surface area contributed by atoms with Crippen molar-refractivity contribution in [2.24, 2.45) is 5.92 Å². The average Bonchev–Trinajstić information content (AvgIpc) is 1.70. The third-order valence-corrected chi connectivity index (χ3v) is 2.06. The Bertz CT molecular complexity index is 300. The predicted molar refractivity (Wildman–Crippen MR) is 37.5 cm³/mol. The monoisotopic (exact) mass is 274 g/mol. The lowest BCUT2D eigenvalue weighted by atomic mass is 10.0. The maximum absolute atomic E-state index is 11.8. The molecule has 16 heavy (non-hydrogen) atoms. The molecular formula is C5H5F6O4P. The summed E-state index contributed by atoms with van der Waals surface area (Å²) in [6.07, 6.45) is -14.0. The largest absolute Gasteiger partial charge is 0.407 e. The normalized spacial score (nSPS) is 14.3. The highest BCUT2D eigenvalue weighted by Crippen LogP contribution is 2.43. The number of Topliss-reactive ketones (excluding diaryl/α,β-unsaturated/α-hetero) is 1. The first-order chi connectivity index (χ1) is 6.75. The number of ketones is 1. The van der Waals surface area contributed by atoms with E-state index >= 15 is 0 Å². The lowest BCUT2D eigenvalue weighted by Gasteiger charge is -2.21. The van der Waals surface area contributed by atoms with Gasteiger partial charge in [0.25, 0.3) is 0 Å².